The molecule has 0 spiro atoms. The standard InChI is InChI=1S/C11H22N2O/c1-9(7-14)10(2)13-6-5-11(3,4)8-12/h9-10,13-14H,5-7H2,1-4H3. The molecule has 2 N–H and O–H groups in total. The molecule has 0 aromatic carbocycles. The Labute approximate surface area is 87.1 Å². The highest BCUT2D eigenvalue weighted by atomic mass is 16.3. The minimum Gasteiger partial charge on any atom is -0.396 e. The average Bonchev–Trinajstić information content (AvgIpc) is 2.16. The van der Waals surface area contributed by atoms with Gasteiger partial charge in [0, 0.05) is 12.6 Å². The van der Waals surface area contributed by atoms with Crippen LogP contribution in [0, 0.1) is 22.7 Å². The molecule has 2 atom stereocenters. The summed E-state index contributed by atoms with van der Waals surface area (Å²) in [5.74, 6) is 0.264. The molecule has 0 aromatic rings. The van der Waals surface area contributed by atoms with E-state index >= 15 is 0 Å². The van der Waals surface area contributed by atoms with Crippen LogP contribution in [0.3, 0.4) is 0 Å². The normalized spacial score (nSPS) is 16.0. The molecule has 0 aliphatic rings. The summed E-state index contributed by atoms with van der Waals surface area (Å²) in [5.41, 5.74) is -0.255. The maximum absolute atomic E-state index is 8.92. The summed E-state index contributed by atoms with van der Waals surface area (Å²) < 4.78 is 0. The van der Waals surface area contributed by atoms with E-state index in [-0.39, 0.29) is 17.9 Å². The molecule has 0 heterocycles. The first-order chi connectivity index (χ1) is 6.43. The van der Waals surface area contributed by atoms with Gasteiger partial charge in [0.1, 0.15) is 0 Å². The summed E-state index contributed by atoms with van der Waals surface area (Å²) in [6, 6.07) is 2.57. The van der Waals surface area contributed by atoms with Crippen molar-refractivity contribution < 1.29 is 5.11 Å². The summed E-state index contributed by atoms with van der Waals surface area (Å²) in [5, 5.41) is 21.0. The molecule has 0 aromatic heterocycles. The van der Waals surface area contributed by atoms with Crippen molar-refractivity contribution >= 4 is 0 Å². The molecule has 14 heavy (non-hydrogen) atoms. The summed E-state index contributed by atoms with van der Waals surface area (Å²) >= 11 is 0. The van der Waals surface area contributed by atoms with E-state index in [1.807, 2.05) is 20.8 Å². The van der Waals surface area contributed by atoms with Gasteiger partial charge in [0.2, 0.25) is 0 Å². The van der Waals surface area contributed by atoms with Crippen molar-refractivity contribution in [3.8, 4) is 6.07 Å². The molecule has 2 unspecified atom stereocenters. The lowest BCUT2D eigenvalue weighted by Crippen LogP contribution is -2.35. The lowest BCUT2D eigenvalue weighted by atomic mass is 9.91. The third-order valence-corrected chi connectivity index (χ3v) is 2.66. The van der Waals surface area contributed by atoms with Gasteiger partial charge in [-0.1, -0.05) is 6.92 Å². The number of nitriles is 1. The third-order valence-electron chi connectivity index (χ3n) is 2.66. The van der Waals surface area contributed by atoms with Gasteiger partial charge in [-0.25, -0.2) is 0 Å². The van der Waals surface area contributed by atoms with Gasteiger partial charge in [-0.3, -0.25) is 0 Å². The number of hydrogen-bond donors (Lipinski definition) is 2. The quantitative estimate of drug-likeness (QED) is 0.680. The van der Waals surface area contributed by atoms with E-state index < -0.39 is 0 Å². The molecule has 0 saturated heterocycles. The van der Waals surface area contributed by atoms with Crippen molar-refractivity contribution in [3.63, 3.8) is 0 Å². The zero-order valence-electron chi connectivity index (χ0n) is 9.67. The number of nitrogens with zero attached hydrogens (tertiary/aromatic N) is 1. The van der Waals surface area contributed by atoms with Gasteiger partial charge in [0.25, 0.3) is 0 Å². The Balaban J connectivity index is 3.70. The van der Waals surface area contributed by atoms with Crippen molar-refractivity contribution in [3.05, 3.63) is 0 Å². The van der Waals surface area contributed by atoms with Crippen molar-refractivity contribution in [1.29, 1.82) is 5.26 Å². The summed E-state index contributed by atoms with van der Waals surface area (Å²) in [7, 11) is 0. The molecular weight excluding hydrogens is 176 g/mol. The first-order valence-corrected chi connectivity index (χ1v) is 5.18. The smallest absolute Gasteiger partial charge is 0.0684 e. The van der Waals surface area contributed by atoms with Gasteiger partial charge in [-0.2, -0.15) is 5.26 Å². The lowest BCUT2D eigenvalue weighted by Gasteiger charge is -2.21. The van der Waals surface area contributed by atoms with Gasteiger partial charge >= 0.3 is 0 Å². The molecule has 82 valence electrons. The monoisotopic (exact) mass is 198 g/mol. The van der Waals surface area contributed by atoms with Crippen LogP contribution in [-0.2, 0) is 0 Å². The molecule has 0 aliphatic heterocycles. The van der Waals surface area contributed by atoms with Gasteiger partial charge in [0.15, 0.2) is 0 Å². The molecule has 3 heteroatoms. The van der Waals surface area contributed by atoms with Crippen LogP contribution in [0.15, 0.2) is 0 Å². The Bertz CT molecular complexity index is 196. The highest BCUT2D eigenvalue weighted by Crippen LogP contribution is 2.17. The van der Waals surface area contributed by atoms with E-state index in [0.717, 1.165) is 13.0 Å². The van der Waals surface area contributed by atoms with Crippen LogP contribution in [0.2, 0.25) is 0 Å². The fraction of sp³-hybridized carbons (Fsp3) is 0.909. The van der Waals surface area contributed by atoms with Crippen molar-refractivity contribution in [1.82, 2.24) is 5.32 Å². The van der Waals surface area contributed by atoms with E-state index in [1.165, 1.54) is 0 Å². The molecule has 0 fully saturated rings. The van der Waals surface area contributed by atoms with Crippen LogP contribution in [-0.4, -0.2) is 24.3 Å². The molecule has 3 nitrogen and oxygen atoms in total. The molecule has 0 aliphatic carbocycles. The lowest BCUT2D eigenvalue weighted by molar-refractivity contribution is 0.205. The molecule has 0 radical (unpaired) electrons. The van der Waals surface area contributed by atoms with E-state index in [4.69, 9.17) is 10.4 Å². The maximum atomic E-state index is 8.92. The Kier molecular flexibility index (Phi) is 5.75. The zero-order valence-corrected chi connectivity index (χ0v) is 9.67. The van der Waals surface area contributed by atoms with Gasteiger partial charge < -0.3 is 10.4 Å². The largest absolute Gasteiger partial charge is 0.396 e. The first kappa shape index (κ1) is 13.4. The van der Waals surface area contributed by atoms with Crippen LogP contribution in [0.4, 0.5) is 0 Å². The van der Waals surface area contributed by atoms with Gasteiger partial charge in [-0.05, 0) is 39.7 Å². The van der Waals surface area contributed by atoms with Crippen LogP contribution in [0.1, 0.15) is 34.1 Å². The number of aliphatic hydroxyl groups excluding tert-OH is 1. The molecule has 0 rings (SSSR count). The fourth-order valence-electron chi connectivity index (χ4n) is 1.03. The Morgan fingerprint density at radius 3 is 2.43 bits per heavy atom. The Hall–Kier alpha value is -0.590. The predicted octanol–water partition coefficient (Wildman–Crippen LogP) is 1.53. The van der Waals surface area contributed by atoms with E-state index in [2.05, 4.69) is 18.3 Å². The van der Waals surface area contributed by atoms with Crippen molar-refractivity contribution in [2.24, 2.45) is 11.3 Å². The molecule has 0 bridgehead atoms. The van der Waals surface area contributed by atoms with Crippen LogP contribution >= 0.6 is 0 Å². The second-order valence-electron chi connectivity index (χ2n) is 4.65. The topological polar surface area (TPSA) is 56.0 Å². The van der Waals surface area contributed by atoms with Crippen molar-refractivity contribution in [2.75, 3.05) is 13.2 Å². The van der Waals surface area contributed by atoms with Crippen LogP contribution in [0.25, 0.3) is 0 Å². The predicted molar refractivity (Wildman–Crippen MR) is 57.7 cm³/mol. The van der Waals surface area contributed by atoms with E-state index in [9.17, 15) is 0 Å². The minimum absolute atomic E-state index is 0.204. The van der Waals surface area contributed by atoms with Crippen molar-refractivity contribution in [2.45, 2.75) is 40.2 Å². The summed E-state index contributed by atoms with van der Waals surface area (Å²) in [6.45, 7) is 8.97. The molecular formula is C11H22N2O. The molecule has 0 amide bonds. The van der Waals surface area contributed by atoms with Crippen LogP contribution < -0.4 is 5.32 Å². The third kappa shape index (κ3) is 5.21. The number of aliphatic hydroxyl groups is 1. The highest BCUT2D eigenvalue weighted by molar-refractivity contribution is 4.92. The molecule has 0 saturated carbocycles. The maximum Gasteiger partial charge on any atom is 0.0684 e. The zero-order chi connectivity index (χ0) is 11.2. The highest BCUT2D eigenvalue weighted by Gasteiger charge is 2.17. The van der Waals surface area contributed by atoms with Crippen LogP contribution in [0.5, 0.6) is 0 Å². The summed E-state index contributed by atoms with van der Waals surface area (Å²) in [4.78, 5) is 0. The SMILES string of the molecule is CC(CO)C(C)NCCC(C)(C)C#N. The van der Waals surface area contributed by atoms with Gasteiger partial charge in [-0.15, -0.1) is 0 Å². The van der Waals surface area contributed by atoms with E-state index in [0.29, 0.717) is 6.04 Å². The second kappa shape index (κ2) is 6.00. The minimum atomic E-state index is -0.255. The van der Waals surface area contributed by atoms with Gasteiger partial charge in [0.05, 0.1) is 11.5 Å². The number of nitrogens with one attached hydrogen (secondary N) is 1. The number of hydrogen-bond acceptors (Lipinski definition) is 3. The fourth-order valence-corrected chi connectivity index (χ4v) is 1.03. The second-order valence-corrected chi connectivity index (χ2v) is 4.65. The Morgan fingerprint density at radius 1 is 1.43 bits per heavy atom. The summed E-state index contributed by atoms with van der Waals surface area (Å²) in [6.07, 6.45) is 0.839. The number of rotatable bonds is 6. The average molecular weight is 198 g/mol. The Morgan fingerprint density at radius 2 is 2.00 bits per heavy atom. The first-order valence-electron chi connectivity index (χ1n) is 5.18. The van der Waals surface area contributed by atoms with E-state index in [1.54, 1.807) is 0 Å².